The molecule has 0 radical (unpaired) electrons. The summed E-state index contributed by atoms with van der Waals surface area (Å²) in [7, 11) is 0. The average Bonchev–Trinajstić information content (AvgIpc) is 2.38. The minimum absolute atomic E-state index is 0.0125. The van der Waals surface area contributed by atoms with Gasteiger partial charge in [0.2, 0.25) is 0 Å². The van der Waals surface area contributed by atoms with Crippen molar-refractivity contribution < 1.29 is 14.3 Å². The molecule has 1 heterocycles. The summed E-state index contributed by atoms with van der Waals surface area (Å²) in [6, 6.07) is 9.84. The maximum absolute atomic E-state index is 11.9. The number of hydrogen-bond acceptors (Lipinski definition) is 3. The van der Waals surface area contributed by atoms with E-state index in [1.165, 1.54) is 0 Å². The molecule has 17 heavy (non-hydrogen) atoms. The Morgan fingerprint density at radius 1 is 1.29 bits per heavy atom. The van der Waals surface area contributed by atoms with Gasteiger partial charge < -0.3 is 4.74 Å². The summed E-state index contributed by atoms with van der Waals surface area (Å²) >= 11 is 0. The highest BCUT2D eigenvalue weighted by Crippen LogP contribution is 2.14. The van der Waals surface area contributed by atoms with E-state index in [1.54, 1.807) is 0 Å². The van der Waals surface area contributed by atoms with E-state index in [2.05, 4.69) is 0 Å². The molecule has 0 aromatic heterocycles. The fraction of sp³-hybridized carbons (Fsp3) is 0.429. The quantitative estimate of drug-likeness (QED) is 0.743. The fourth-order valence-corrected chi connectivity index (χ4v) is 2.00. The van der Waals surface area contributed by atoms with Crippen LogP contribution in [-0.4, -0.2) is 24.8 Å². The van der Waals surface area contributed by atoms with E-state index in [0.717, 1.165) is 5.56 Å². The lowest BCUT2D eigenvalue weighted by molar-refractivity contribution is -0.139. The van der Waals surface area contributed by atoms with Gasteiger partial charge in [0.15, 0.2) is 0 Å². The Kier molecular flexibility index (Phi) is 4.04. The molecule has 3 nitrogen and oxygen atoms in total. The van der Waals surface area contributed by atoms with Gasteiger partial charge in [-0.2, -0.15) is 0 Å². The zero-order valence-corrected chi connectivity index (χ0v) is 9.72. The summed E-state index contributed by atoms with van der Waals surface area (Å²) in [5.41, 5.74) is 1.13. The minimum Gasteiger partial charge on any atom is -0.380 e. The van der Waals surface area contributed by atoms with E-state index in [0.29, 0.717) is 25.9 Å². The van der Waals surface area contributed by atoms with E-state index < -0.39 is 5.92 Å². The highest BCUT2D eigenvalue weighted by atomic mass is 16.5. The normalized spacial score (nSPS) is 20.2. The van der Waals surface area contributed by atoms with Crippen LogP contribution >= 0.6 is 0 Å². The van der Waals surface area contributed by atoms with Gasteiger partial charge in [-0.3, -0.25) is 9.59 Å². The third-order valence-corrected chi connectivity index (χ3v) is 3.06. The van der Waals surface area contributed by atoms with Gasteiger partial charge in [0, 0.05) is 12.8 Å². The minimum atomic E-state index is -0.521. The van der Waals surface area contributed by atoms with Gasteiger partial charge in [0.1, 0.15) is 11.6 Å². The molecule has 3 heteroatoms. The summed E-state index contributed by atoms with van der Waals surface area (Å²) in [6.07, 6.45) is 1.50. The number of ketones is 2. The van der Waals surface area contributed by atoms with Crippen molar-refractivity contribution in [2.75, 3.05) is 13.2 Å². The number of benzene rings is 1. The van der Waals surface area contributed by atoms with Gasteiger partial charge >= 0.3 is 0 Å². The molecule has 1 aliphatic heterocycles. The van der Waals surface area contributed by atoms with Crippen LogP contribution < -0.4 is 0 Å². The predicted molar refractivity (Wildman–Crippen MR) is 63.7 cm³/mol. The van der Waals surface area contributed by atoms with Crippen LogP contribution in [-0.2, 0) is 20.7 Å². The lowest BCUT2D eigenvalue weighted by Crippen LogP contribution is -2.34. The molecule has 1 aliphatic rings. The maximum Gasteiger partial charge on any atom is 0.147 e. The summed E-state index contributed by atoms with van der Waals surface area (Å²) in [5, 5.41) is 0. The van der Waals surface area contributed by atoms with Crippen molar-refractivity contribution in [2.45, 2.75) is 19.3 Å². The second-order valence-corrected chi connectivity index (χ2v) is 4.30. The lowest BCUT2D eigenvalue weighted by atomic mass is 9.92. The molecule has 1 atom stereocenters. The Morgan fingerprint density at radius 2 is 2.06 bits per heavy atom. The van der Waals surface area contributed by atoms with Crippen LogP contribution in [0.4, 0.5) is 0 Å². The largest absolute Gasteiger partial charge is 0.380 e. The van der Waals surface area contributed by atoms with E-state index in [4.69, 9.17) is 4.74 Å². The van der Waals surface area contributed by atoms with Gasteiger partial charge in [0.05, 0.1) is 19.1 Å². The van der Waals surface area contributed by atoms with Crippen molar-refractivity contribution in [1.29, 1.82) is 0 Å². The Labute approximate surface area is 101 Å². The maximum atomic E-state index is 11.9. The van der Waals surface area contributed by atoms with E-state index in [9.17, 15) is 9.59 Å². The summed E-state index contributed by atoms with van der Waals surface area (Å²) in [6.45, 7) is 0.730. The second kappa shape index (κ2) is 5.73. The molecule has 1 unspecified atom stereocenters. The molecule has 0 amide bonds. The predicted octanol–water partition coefficient (Wildman–Crippen LogP) is 1.79. The van der Waals surface area contributed by atoms with Crippen LogP contribution in [0.25, 0.3) is 0 Å². The zero-order valence-electron chi connectivity index (χ0n) is 9.72. The van der Waals surface area contributed by atoms with E-state index in [-0.39, 0.29) is 18.2 Å². The number of carbonyl (C=O) groups is 2. The molecule has 1 aromatic rings. The van der Waals surface area contributed by atoms with Crippen molar-refractivity contribution in [2.24, 2.45) is 5.92 Å². The third kappa shape index (κ3) is 3.24. The Bertz CT molecular complexity index is 397. The molecule has 0 spiro atoms. The summed E-state index contributed by atoms with van der Waals surface area (Å²) in [4.78, 5) is 23.4. The Balaban J connectivity index is 1.87. The molecule has 0 N–H and O–H groups in total. The van der Waals surface area contributed by atoms with Crippen molar-refractivity contribution >= 4 is 11.6 Å². The molecule has 90 valence electrons. The molecular weight excluding hydrogens is 216 g/mol. The van der Waals surface area contributed by atoms with Crippen molar-refractivity contribution in [3.63, 3.8) is 0 Å². The van der Waals surface area contributed by atoms with Gasteiger partial charge in [-0.1, -0.05) is 30.3 Å². The lowest BCUT2D eigenvalue weighted by Gasteiger charge is -2.19. The number of hydrogen-bond donors (Lipinski definition) is 0. The topological polar surface area (TPSA) is 43.4 Å². The number of carbonyl (C=O) groups excluding carboxylic acids is 2. The molecule has 0 bridgehead atoms. The SMILES string of the molecule is O=C1CCOCC1C(=O)CCc1ccccc1. The number of rotatable bonds is 4. The molecule has 1 saturated heterocycles. The molecule has 2 rings (SSSR count). The van der Waals surface area contributed by atoms with Crippen LogP contribution in [0, 0.1) is 5.92 Å². The zero-order chi connectivity index (χ0) is 12.1. The van der Waals surface area contributed by atoms with E-state index in [1.807, 2.05) is 30.3 Å². The summed E-state index contributed by atoms with van der Waals surface area (Å²) in [5.74, 6) is -0.472. The van der Waals surface area contributed by atoms with Crippen molar-refractivity contribution in [3.8, 4) is 0 Å². The molecular formula is C14H16O3. The highest BCUT2D eigenvalue weighted by Gasteiger charge is 2.28. The standard InChI is InChI=1S/C14H16O3/c15-13(12-10-17-9-8-14(12)16)7-6-11-4-2-1-3-5-11/h1-5,12H,6-10H2. The van der Waals surface area contributed by atoms with Crippen LogP contribution in [0.1, 0.15) is 18.4 Å². The van der Waals surface area contributed by atoms with Gasteiger partial charge in [-0.25, -0.2) is 0 Å². The molecule has 0 saturated carbocycles. The highest BCUT2D eigenvalue weighted by molar-refractivity contribution is 6.02. The smallest absolute Gasteiger partial charge is 0.147 e. The fourth-order valence-electron chi connectivity index (χ4n) is 2.00. The monoisotopic (exact) mass is 232 g/mol. The Hall–Kier alpha value is -1.48. The van der Waals surface area contributed by atoms with Gasteiger partial charge in [-0.05, 0) is 12.0 Å². The first-order valence-electron chi connectivity index (χ1n) is 5.94. The average molecular weight is 232 g/mol. The first-order valence-corrected chi connectivity index (χ1v) is 5.94. The first kappa shape index (κ1) is 12.0. The van der Waals surface area contributed by atoms with Crippen LogP contribution in [0.15, 0.2) is 30.3 Å². The van der Waals surface area contributed by atoms with E-state index >= 15 is 0 Å². The van der Waals surface area contributed by atoms with Crippen molar-refractivity contribution in [3.05, 3.63) is 35.9 Å². The third-order valence-electron chi connectivity index (χ3n) is 3.06. The van der Waals surface area contributed by atoms with Gasteiger partial charge in [0.25, 0.3) is 0 Å². The van der Waals surface area contributed by atoms with Gasteiger partial charge in [-0.15, -0.1) is 0 Å². The second-order valence-electron chi connectivity index (χ2n) is 4.30. The number of ether oxygens (including phenoxy) is 1. The molecule has 1 aromatic carbocycles. The molecule has 1 fully saturated rings. The number of aryl methyl sites for hydroxylation is 1. The summed E-state index contributed by atoms with van der Waals surface area (Å²) < 4.78 is 5.18. The number of Topliss-reactive ketones (excluding diaryl/α,β-unsaturated/α-hetero) is 2. The van der Waals surface area contributed by atoms with Crippen LogP contribution in [0.5, 0.6) is 0 Å². The molecule has 0 aliphatic carbocycles. The first-order chi connectivity index (χ1) is 8.27. The Morgan fingerprint density at radius 3 is 2.76 bits per heavy atom. The van der Waals surface area contributed by atoms with Crippen LogP contribution in [0.2, 0.25) is 0 Å². The van der Waals surface area contributed by atoms with Crippen LogP contribution in [0.3, 0.4) is 0 Å². The van der Waals surface area contributed by atoms with Crippen molar-refractivity contribution in [1.82, 2.24) is 0 Å².